The van der Waals surface area contributed by atoms with Gasteiger partial charge in [0, 0.05) is 22.0 Å². The third-order valence-corrected chi connectivity index (χ3v) is 4.62. The van der Waals surface area contributed by atoms with Gasteiger partial charge in [-0.05, 0) is 69.6 Å². The Bertz CT molecular complexity index is 564. The fourth-order valence-electron chi connectivity index (χ4n) is 2.69. The molecule has 1 N–H and O–H groups in total. The van der Waals surface area contributed by atoms with Crippen molar-refractivity contribution < 1.29 is 9.53 Å². The predicted octanol–water partition coefficient (Wildman–Crippen LogP) is 4.33. The van der Waals surface area contributed by atoms with Gasteiger partial charge in [0.1, 0.15) is 5.60 Å². The van der Waals surface area contributed by atoms with Crippen LogP contribution >= 0.6 is 23.2 Å². The lowest BCUT2D eigenvalue weighted by molar-refractivity contribution is -0.156. The third-order valence-electron chi connectivity index (χ3n) is 4.04. The second-order valence-corrected chi connectivity index (χ2v) is 6.89. The number of esters is 1. The Kier molecular flexibility index (Phi) is 5.90. The van der Waals surface area contributed by atoms with Gasteiger partial charge in [0.15, 0.2) is 0 Å². The molecule has 5 heteroatoms. The summed E-state index contributed by atoms with van der Waals surface area (Å²) in [4.78, 5) is 12.1. The van der Waals surface area contributed by atoms with Crippen LogP contribution in [0.4, 0.5) is 0 Å². The highest BCUT2D eigenvalue weighted by molar-refractivity contribution is 6.34. The second-order valence-electron chi connectivity index (χ2n) is 6.05. The molecule has 1 saturated heterocycles. The molecule has 1 heterocycles. The first-order valence-corrected chi connectivity index (χ1v) is 8.21. The molecule has 2 rings (SSSR count). The maximum atomic E-state index is 12.1. The molecule has 0 bridgehead atoms. The maximum absolute atomic E-state index is 12.1. The molecule has 1 aromatic carbocycles. The first-order valence-electron chi connectivity index (χ1n) is 7.45. The Labute approximate surface area is 141 Å². The number of carbonyl (C=O) groups is 1. The molecule has 0 aromatic heterocycles. The van der Waals surface area contributed by atoms with E-state index in [0.717, 1.165) is 25.9 Å². The van der Waals surface area contributed by atoms with E-state index in [1.54, 1.807) is 24.3 Å². The van der Waals surface area contributed by atoms with Gasteiger partial charge in [0.25, 0.3) is 0 Å². The number of piperidine rings is 1. The van der Waals surface area contributed by atoms with E-state index >= 15 is 0 Å². The molecule has 0 radical (unpaired) electrons. The molecule has 0 atom stereocenters. The minimum atomic E-state index is -0.471. The standard InChI is InChI=1S/C17H21Cl2NO2/c1-17(2,13-7-9-20-10-8-13)22-16(21)6-3-12-11-14(18)4-5-15(12)19/h3-6,11,13,20H,7-10H2,1-2H3/b6-3+. The van der Waals surface area contributed by atoms with Gasteiger partial charge in [0.2, 0.25) is 0 Å². The molecule has 1 aliphatic rings. The van der Waals surface area contributed by atoms with Crippen LogP contribution in [0.1, 0.15) is 32.3 Å². The van der Waals surface area contributed by atoms with Gasteiger partial charge in [0.05, 0.1) is 0 Å². The van der Waals surface area contributed by atoms with E-state index in [1.807, 2.05) is 13.8 Å². The fraction of sp³-hybridized carbons (Fsp3) is 0.471. The molecule has 0 amide bonds. The number of rotatable bonds is 4. The maximum Gasteiger partial charge on any atom is 0.331 e. The lowest BCUT2D eigenvalue weighted by Crippen LogP contribution is -2.42. The van der Waals surface area contributed by atoms with Crippen LogP contribution < -0.4 is 5.32 Å². The predicted molar refractivity (Wildman–Crippen MR) is 91.3 cm³/mol. The number of halogens is 2. The minimum Gasteiger partial charge on any atom is -0.456 e. The first-order chi connectivity index (χ1) is 10.4. The zero-order valence-electron chi connectivity index (χ0n) is 12.9. The van der Waals surface area contributed by atoms with E-state index in [9.17, 15) is 4.79 Å². The highest BCUT2D eigenvalue weighted by Crippen LogP contribution is 2.29. The SMILES string of the molecule is CC(C)(OC(=O)/C=C/c1cc(Cl)ccc1Cl)C1CCNCC1. The van der Waals surface area contributed by atoms with Gasteiger partial charge >= 0.3 is 5.97 Å². The number of carbonyl (C=O) groups excluding carboxylic acids is 1. The Morgan fingerprint density at radius 1 is 1.32 bits per heavy atom. The molecule has 3 nitrogen and oxygen atoms in total. The van der Waals surface area contributed by atoms with Crippen molar-refractivity contribution in [3.63, 3.8) is 0 Å². The van der Waals surface area contributed by atoms with E-state index in [2.05, 4.69) is 5.32 Å². The van der Waals surface area contributed by atoms with Crippen molar-refractivity contribution in [3.8, 4) is 0 Å². The summed E-state index contributed by atoms with van der Waals surface area (Å²) in [6, 6.07) is 5.12. The molecule has 22 heavy (non-hydrogen) atoms. The Balaban J connectivity index is 1.99. The average Bonchev–Trinajstić information content (AvgIpc) is 2.49. The van der Waals surface area contributed by atoms with Gasteiger partial charge in [-0.25, -0.2) is 4.79 Å². The lowest BCUT2D eigenvalue weighted by atomic mass is 9.83. The first kappa shape index (κ1) is 17.3. The average molecular weight is 342 g/mol. The molecule has 0 saturated carbocycles. The molecule has 1 aliphatic heterocycles. The zero-order valence-corrected chi connectivity index (χ0v) is 14.4. The molecular weight excluding hydrogens is 321 g/mol. The van der Waals surface area contributed by atoms with Gasteiger partial charge in [-0.3, -0.25) is 0 Å². The van der Waals surface area contributed by atoms with E-state index in [1.165, 1.54) is 6.08 Å². The zero-order chi connectivity index (χ0) is 16.2. The second kappa shape index (κ2) is 7.49. The van der Waals surface area contributed by atoms with E-state index < -0.39 is 5.60 Å². The van der Waals surface area contributed by atoms with Crippen molar-refractivity contribution in [2.75, 3.05) is 13.1 Å². The smallest absolute Gasteiger partial charge is 0.331 e. The van der Waals surface area contributed by atoms with Crippen molar-refractivity contribution in [1.82, 2.24) is 5.32 Å². The molecule has 0 unspecified atom stereocenters. The van der Waals surface area contributed by atoms with E-state index in [4.69, 9.17) is 27.9 Å². The van der Waals surface area contributed by atoms with Crippen molar-refractivity contribution in [3.05, 3.63) is 39.9 Å². The van der Waals surface area contributed by atoms with Crippen LogP contribution in [0, 0.1) is 5.92 Å². The summed E-state index contributed by atoms with van der Waals surface area (Å²) in [5, 5.41) is 4.44. The third kappa shape index (κ3) is 4.73. The summed E-state index contributed by atoms with van der Waals surface area (Å²) in [5.74, 6) is 0.0143. The summed E-state index contributed by atoms with van der Waals surface area (Å²) in [5.41, 5.74) is 0.229. The number of benzene rings is 1. The number of hydrogen-bond acceptors (Lipinski definition) is 3. The summed E-state index contributed by atoms with van der Waals surface area (Å²) < 4.78 is 5.64. The van der Waals surface area contributed by atoms with Crippen LogP contribution in [0.3, 0.4) is 0 Å². The van der Waals surface area contributed by atoms with Crippen LogP contribution in [0.25, 0.3) is 6.08 Å². The monoisotopic (exact) mass is 341 g/mol. The molecule has 1 fully saturated rings. The Hall–Kier alpha value is -1.03. The summed E-state index contributed by atoms with van der Waals surface area (Å²) in [7, 11) is 0. The lowest BCUT2D eigenvalue weighted by Gasteiger charge is -2.36. The quantitative estimate of drug-likeness (QED) is 0.654. The van der Waals surface area contributed by atoms with Gasteiger partial charge in [-0.2, -0.15) is 0 Å². The largest absolute Gasteiger partial charge is 0.456 e. The van der Waals surface area contributed by atoms with E-state index in [0.29, 0.717) is 21.5 Å². The summed E-state index contributed by atoms with van der Waals surface area (Å²) in [6.07, 6.45) is 5.07. The van der Waals surface area contributed by atoms with Crippen LogP contribution in [0.2, 0.25) is 10.0 Å². The fourth-order valence-corrected chi connectivity index (χ4v) is 3.05. The highest BCUT2D eigenvalue weighted by Gasteiger charge is 2.33. The van der Waals surface area contributed by atoms with Gasteiger partial charge in [-0.15, -0.1) is 0 Å². The van der Waals surface area contributed by atoms with Crippen molar-refractivity contribution in [1.29, 1.82) is 0 Å². The van der Waals surface area contributed by atoms with Crippen LogP contribution in [-0.4, -0.2) is 24.7 Å². The Morgan fingerprint density at radius 3 is 2.68 bits per heavy atom. The summed E-state index contributed by atoms with van der Waals surface area (Å²) in [6.45, 7) is 5.89. The summed E-state index contributed by atoms with van der Waals surface area (Å²) >= 11 is 12.0. The topological polar surface area (TPSA) is 38.3 Å². The van der Waals surface area contributed by atoms with Crippen LogP contribution in [0.15, 0.2) is 24.3 Å². The normalized spacial score (nSPS) is 16.9. The van der Waals surface area contributed by atoms with Crippen molar-refractivity contribution in [2.24, 2.45) is 5.92 Å². The molecular formula is C17H21Cl2NO2. The number of hydrogen-bond donors (Lipinski definition) is 1. The van der Waals surface area contributed by atoms with Crippen molar-refractivity contribution >= 4 is 35.2 Å². The van der Waals surface area contributed by atoms with Gasteiger partial charge in [-0.1, -0.05) is 23.2 Å². The molecule has 0 aliphatic carbocycles. The number of ether oxygens (including phenoxy) is 1. The van der Waals surface area contributed by atoms with Crippen LogP contribution in [0.5, 0.6) is 0 Å². The van der Waals surface area contributed by atoms with Gasteiger partial charge < -0.3 is 10.1 Å². The number of nitrogens with one attached hydrogen (secondary N) is 1. The molecule has 120 valence electrons. The molecule has 1 aromatic rings. The van der Waals surface area contributed by atoms with Crippen LogP contribution in [-0.2, 0) is 9.53 Å². The minimum absolute atomic E-state index is 0.362. The van der Waals surface area contributed by atoms with Crippen molar-refractivity contribution in [2.45, 2.75) is 32.3 Å². The van der Waals surface area contributed by atoms with E-state index in [-0.39, 0.29) is 5.97 Å². The molecule has 0 spiro atoms. The highest BCUT2D eigenvalue weighted by atomic mass is 35.5. The Morgan fingerprint density at radius 2 is 2.00 bits per heavy atom.